The van der Waals surface area contributed by atoms with Gasteiger partial charge in [0, 0.05) is 12.6 Å². The summed E-state index contributed by atoms with van der Waals surface area (Å²) in [7, 11) is 0. The zero-order valence-electron chi connectivity index (χ0n) is 10.9. The van der Waals surface area contributed by atoms with Crippen LogP contribution in [0.25, 0.3) is 0 Å². The fourth-order valence-electron chi connectivity index (χ4n) is 3.55. The minimum atomic E-state index is -0.0570. The Bertz CT molecular complexity index is 219. The largest absolute Gasteiger partial charge is 0.391 e. The lowest BCUT2D eigenvalue weighted by Crippen LogP contribution is -2.46. The number of rotatable bonds is 3. The molecule has 16 heavy (non-hydrogen) atoms. The average molecular weight is 225 g/mol. The summed E-state index contributed by atoms with van der Waals surface area (Å²) >= 11 is 0. The van der Waals surface area contributed by atoms with Gasteiger partial charge in [0.05, 0.1) is 6.10 Å². The summed E-state index contributed by atoms with van der Waals surface area (Å²) in [6, 6.07) is 0.468. The van der Waals surface area contributed by atoms with Crippen LogP contribution in [0, 0.1) is 11.8 Å². The van der Waals surface area contributed by atoms with Crippen molar-refractivity contribution < 1.29 is 5.11 Å². The third-order valence-electron chi connectivity index (χ3n) is 4.51. The lowest BCUT2D eigenvalue weighted by molar-refractivity contribution is 0.0104. The van der Waals surface area contributed by atoms with Gasteiger partial charge in [-0.1, -0.05) is 26.7 Å². The molecule has 0 spiro atoms. The van der Waals surface area contributed by atoms with E-state index in [1.807, 2.05) is 0 Å². The van der Waals surface area contributed by atoms with Gasteiger partial charge in [-0.3, -0.25) is 4.90 Å². The van der Waals surface area contributed by atoms with Crippen LogP contribution in [0.2, 0.25) is 0 Å². The molecule has 1 N–H and O–H groups in total. The highest BCUT2D eigenvalue weighted by Crippen LogP contribution is 2.33. The fraction of sp³-hybridized carbons (Fsp3) is 1.00. The Morgan fingerprint density at radius 1 is 1.25 bits per heavy atom. The molecule has 1 saturated carbocycles. The van der Waals surface area contributed by atoms with Crippen LogP contribution >= 0.6 is 0 Å². The van der Waals surface area contributed by atoms with Gasteiger partial charge in [0.1, 0.15) is 0 Å². The molecule has 0 aromatic carbocycles. The number of aliphatic hydroxyl groups excluding tert-OH is 1. The molecule has 0 aromatic rings. The Morgan fingerprint density at radius 2 is 2.06 bits per heavy atom. The van der Waals surface area contributed by atoms with Crippen LogP contribution in [0.15, 0.2) is 0 Å². The zero-order chi connectivity index (χ0) is 11.5. The van der Waals surface area contributed by atoms with Gasteiger partial charge < -0.3 is 5.11 Å². The maximum absolute atomic E-state index is 10.2. The molecule has 0 amide bonds. The van der Waals surface area contributed by atoms with Crippen LogP contribution in [-0.4, -0.2) is 35.2 Å². The maximum Gasteiger partial charge on any atom is 0.0695 e. The molecule has 2 aliphatic rings. The normalized spacial score (nSPS) is 41.4. The van der Waals surface area contributed by atoms with Gasteiger partial charge in [-0.2, -0.15) is 0 Å². The lowest BCUT2D eigenvalue weighted by atomic mass is 9.81. The van der Waals surface area contributed by atoms with Crippen molar-refractivity contribution in [2.45, 2.75) is 64.5 Å². The van der Waals surface area contributed by atoms with Crippen LogP contribution in [-0.2, 0) is 0 Å². The highest BCUT2D eigenvalue weighted by atomic mass is 16.3. The summed E-state index contributed by atoms with van der Waals surface area (Å²) in [6.45, 7) is 7.03. The highest BCUT2D eigenvalue weighted by molar-refractivity contribution is 4.89. The monoisotopic (exact) mass is 225 g/mol. The average Bonchev–Trinajstić information content (AvgIpc) is 2.68. The van der Waals surface area contributed by atoms with Crippen molar-refractivity contribution in [3.05, 3.63) is 0 Å². The first-order valence-corrected chi connectivity index (χ1v) is 7.12. The van der Waals surface area contributed by atoms with E-state index >= 15 is 0 Å². The molecule has 2 fully saturated rings. The van der Waals surface area contributed by atoms with E-state index in [0.717, 1.165) is 18.3 Å². The van der Waals surface area contributed by atoms with Gasteiger partial charge in [0.25, 0.3) is 0 Å². The van der Waals surface area contributed by atoms with E-state index in [2.05, 4.69) is 18.7 Å². The first kappa shape index (κ1) is 12.4. The molecule has 1 aliphatic heterocycles. The van der Waals surface area contributed by atoms with Crippen molar-refractivity contribution >= 4 is 0 Å². The predicted molar refractivity (Wildman–Crippen MR) is 67.4 cm³/mol. The van der Waals surface area contributed by atoms with Crippen LogP contribution in [0.5, 0.6) is 0 Å². The molecule has 0 bridgehead atoms. The van der Waals surface area contributed by atoms with Crippen LogP contribution < -0.4 is 0 Å². The Balaban J connectivity index is 1.90. The number of hydrogen-bond donors (Lipinski definition) is 1. The summed E-state index contributed by atoms with van der Waals surface area (Å²) < 4.78 is 0. The Labute approximate surface area is 100 Å². The third-order valence-corrected chi connectivity index (χ3v) is 4.51. The van der Waals surface area contributed by atoms with E-state index in [9.17, 15) is 5.11 Å². The van der Waals surface area contributed by atoms with E-state index in [4.69, 9.17) is 0 Å². The lowest BCUT2D eigenvalue weighted by Gasteiger charge is -2.39. The van der Waals surface area contributed by atoms with E-state index in [0.29, 0.717) is 6.04 Å². The molecule has 2 rings (SSSR count). The second-order valence-electron chi connectivity index (χ2n) is 5.99. The highest BCUT2D eigenvalue weighted by Gasteiger charge is 2.35. The molecule has 1 heterocycles. The molecular formula is C14H27NO. The van der Waals surface area contributed by atoms with E-state index < -0.39 is 0 Å². The molecule has 2 nitrogen and oxygen atoms in total. The minimum absolute atomic E-state index is 0.0570. The Kier molecular flexibility index (Phi) is 4.26. The zero-order valence-corrected chi connectivity index (χ0v) is 10.9. The van der Waals surface area contributed by atoms with Gasteiger partial charge in [-0.15, -0.1) is 0 Å². The van der Waals surface area contributed by atoms with Crippen LogP contribution in [0.4, 0.5) is 0 Å². The van der Waals surface area contributed by atoms with Crippen molar-refractivity contribution in [2.75, 3.05) is 13.1 Å². The fourth-order valence-corrected chi connectivity index (χ4v) is 3.55. The first-order valence-electron chi connectivity index (χ1n) is 7.12. The molecular weight excluding hydrogens is 198 g/mol. The summed E-state index contributed by atoms with van der Waals surface area (Å²) in [6.07, 6.45) is 7.42. The molecule has 94 valence electrons. The molecule has 4 unspecified atom stereocenters. The Morgan fingerprint density at radius 3 is 2.69 bits per heavy atom. The van der Waals surface area contributed by atoms with E-state index in [1.165, 1.54) is 45.2 Å². The van der Waals surface area contributed by atoms with Gasteiger partial charge in [-0.25, -0.2) is 0 Å². The molecule has 4 atom stereocenters. The van der Waals surface area contributed by atoms with E-state index in [1.54, 1.807) is 0 Å². The van der Waals surface area contributed by atoms with Crippen molar-refractivity contribution in [3.8, 4) is 0 Å². The SMILES string of the molecule is CCCC1CCC(O)C(N2CCC(C)C2)C1. The van der Waals surface area contributed by atoms with Crippen molar-refractivity contribution in [3.63, 3.8) is 0 Å². The Hall–Kier alpha value is -0.0800. The number of likely N-dealkylation sites (tertiary alicyclic amines) is 1. The first-order chi connectivity index (χ1) is 7.70. The maximum atomic E-state index is 10.2. The van der Waals surface area contributed by atoms with Gasteiger partial charge >= 0.3 is 0 Å². The van der Waals surface area contributed by atoms with E-state index in [-0.39, 0.29) is 6.10 Å². The summed E-state index contributed by atoms with van der Waals surface area (Å²) in [5.74, 6) is 1.70. The standard InChI is InChI=1S/C14H27NO/c1-3-4-12-5-6-14(16)13(9-12)15-8-7-11(2)10-15/h11-14,16H,3-10H2,1-2H3. The van der Waals surface area contributed by atoms with Crippen molar-refractivity contribution in [1.29, 1.82) is 0 Å². The number of nitrogens with zero attached hydrogens (tertiary/aromatic N) is 1. The number of aliphatic hydroxyl groups is 1. The molecule has 1 aliphatic carbocycles. The quantitative estimate of drug-likeness (QED) is 0.798. The van der Waals surface area contributed by atoms with Gasteiger partial charge in [-0.05, 0) is 44.1 Å². The molecule has 1 saturated heterocycles. The summed E-state index contributed by atoms with van der Waals surface area (Å²) in [5, 5.41) is 10.2. The molecule has 2 heteroatoms. The third kappa shape index (κ3) is 2.78. The van der Waals surface area contributed by atoms with Gasteiger partial charge in [0.2, 0.25) is 0 Å². The smallest absolute Gasteiger partial charge is 0.0695 e. The minimum Gasteiger partial charge on any atom is -0.391 e. The second kappa shape index (κ2) is 5.50. The number of hydrogen-bond acceptors (Lipinski definition) is 2. The van der Waals surface area contributed by atoms with Crippen LogP contribution in [0.1, 0.15) is 52.4 Å². The molecule has 0 radical (unpaired) electrons. The van der Waals surface area contributed by atoms with Crippen molar-refractivity contribution in [2.24, 2.45) is 11.8 Å². The van der Waals surface area contributed by atoms with Crippen molar-refractivity contribution in [1.82, 2.24) is 4.90 Å². The topological polar surface area (TPSA) is 23.5 Å². The second-order valence-corrected chi connectivity index (χ2v) is 5.99. The van der Waals surface area contributed by atoms with Crippen LogP contribution in [0.3, 0.4) is 0 Å². The molecule has 0 aromatic heterocycles. The summed E-state index contributed by atoms with van der Waals surface area (Å²) in [4.78, 5) is 2.55. The summed E-state index contributed by atoms with van der Waals surface area (Å²) in [5.41, 5.74) is 0. The van der Waals surface area contributed by atoms with Gasteiger partial charge in [0.15, 0.2) is 0 Å². The predicted octanol–water partition coefficient (Wildman–Crippen LogP) is 2.66.